The van der Waals surface area contributed by atoms with Crippen molar-refractivity contribution in [1.29, 1.82) is 0 Å². The number of nitrogens with two attached hydrogens (primary N) is 1. The van der Waals surface area contributed by atoms with Gasteiger partial charge in [-0.05, 0) is 12.5 Å². The van der Waals surface area contributed by atoms with Crippen LogP contribution in [0.15, 0.2) is 12.1 Å². The van der Waals surface area contributed by atoms with E-state index in [-0.39, 0.29) is 17.7 Å². The highest BCUT2D eigenvalue weighted by molar-refractivity contribution is 7.92. The van der Waals surface area contributed by atoms with Gasteiger partial charge in [-0.25, -0.2) is 9.53 Å². The molecule has 0 radical (unpaired) electrons. The normalized spacial score (nSPS) is 11.6. The molecule has 0 saturated carbocycles. The van der Waals surface area contributed by atoms with E-state index in [0.29, 0.717) is 12.2 Å². The van der Waals surface area contributed by atoms with Crippen LogP contribution < -0.4 is 9.32 Å². The molecule has 0 aliphatic heterocycles. The SMILES string of the molecule is CCc1c(F)cc(OSN)cc1C(F)(F)F. The minimum Gasteiger partial charge on any atom is -0.410 e. The minimum absolute atomic E-state index is 0.0449. The first-order valence-electron chi connectivity index (χ1n) is 4.33. The van der Waals surface area contributed by atoms with Crippen LogP contribution in [0.3, 0.4) is 0 Å². The molecule has 2 N–H and O–H groups in total. The summed E-state index contributed by atoms with van der Waals surface area (Å²) in [6.45, 7) is 1.45. The molecule has 90 valence electrons. The Morgan fingerprint density at radius 3 is 2.44 bits per heavy atom. The van der Waals surface area contributed by atoms with Gasteiger partial charge in [-0.1, -0.05) is 6.92 Å². The number of hydrogen-bond donors (Lipinski definition) is 1. The predicted molar refractivity (Wildman–Crippen MR) is 53.2 cm³/mol. The fraction of sp³-hybridized carbons (Fsp3) is 0.333. The van der Waals surface area contributed by atoms with E-state index in [1.807, 2.05) is 0 Å². The van der Waals surface area contributed by atoms with Crippen LogP contribution in [-0.2, 0) is 12.6 Å². The lowest BCUT2D eigenvalue weighted by Crippen LogP contribution is -2.11. The van der Waals surface area contributed by atoms with E-state index >= 15 is 0 Å². The molecule has 1 rings (SSSR count). The second kappa shape index (κ2) is 4.92. The highest BCUT2D eigenvalue weighted by Gasteiger charge is 2.35. The molecule has 0 amide bonds. The van der Waals surface area contributed by atoms with E-state index in [0.717, 1.165) is 12.1 Å². The van der Waals surface area contributed by atoms with Crippen LogP contribution in [0.25, 0.3) is 0 Å². The maximum absolute atomic E-state index is 13.3. The highest BCUT2D eigenvalue weighted by Crippen LogP contribution is 2.36. The molecule has 0 heterocycles. The summed E-state index contributed by atoms with van der Waals surface area (Å²) >= 11 is 0.362. The van der Waals surface area contributed by atoms with Crippen molar-refractivity contribution >= 4 is 12.2 Å². The summed E-state index contributed by atoms with van der Waals surface area (Å²) < 4.78 is 55.6. The second-order valence-electron chi connectivity index (χ2n) is 2.96. The molecule has 0 spiro atoms. The van der Waals surface area contributed by atoms with Crippen molar-refractivity contribution in [3.05, 3.63) is 29.1 Å². The summed E-state index contributed by atoms with van der Waals surface area (Å²) in [4.78, 5) is 0. The number of rotatable bonds is 3. The third kappa shape index (κ3) is 2.79. The van der Waals surface area contributed by atoms with Crippen LogP contribution in [-0.4, -0.2) is 0 Å². The van der Waals surface area contributed by atoms with Crippen LogP contribution in [0.1, 0.15) is 18.1 Å². The average molecular weight is 255 g/mol. The fourth-order valence-electron chi connectivity index (χ4n) is 1.33. The first-order chi connectivity index (χ1) is 7.40. The molecular formula is C9H9F4NOS. The zero-order chi connectivity index (χ0) is 12.3. The Morgan fingerprint density at radius 2 is 2.00 bits per heavy atom. The van der Waals surface area contributed by atoms with Gasteiger partial charge < -0.3 is 4.18 Å². The Kier molecular flexibility index (Phi) is 4.03. The molecule has 0 fully saturated rings. The standard InChI is InChI=1S/C9H9F4NOS/c1-2-6-7(9(11,12)13)3-5(15-16-14)4-8(6)10/h3-4H,2,14H2,1H3. The van der Waals surface area contributed by atoms with E-state index in [1.54, 1.807) is 0 Å². The third-order valence-electron chi connectivity index (χ3n) is 1.97. The van der Waals surface area contributed by atoms with Crippen LogP contribution in [0.5, 0.6) is 5.75 Å². The van der Waals surface area contributed by atoms with Crippen molar-refractivity contribution in [2.75, 3.05) is 0 Å². The number of benzene rings is 1. The molecule has 0 bridgehead atoms. The van der Waals surface area contributed by atoms with Crippen LogP contribution in [0.4, 0.5) is 17.6 Å². The van der Waals surface area contributed by atoms with E-state index in [9.17, 15) is 17.6 Å². The van der Waals surface area contributed by atoms with Crippen molar-refractivity contribution in [2.45, 2.75) is 19.5 Å². The van der Waals surface area contributed by atoms with E-state index in [1.165, 1.54) is 6.92 Å². The predicted octanol–water partition coefficient (Wildman–Crippen LogP) is 3.31. The molecule has 0 aliphatic carbocycles. The van der Waals surface area contributed by atoms with Crippen molar-refractivity contribution in [3.63, 3.8) is 0 Å². The summed E-state index contributed by atoms with van der Waals surface area (Å²) in [5, 5.41) is 4.93. The number of hydrogen-bond acceptors (Lipinski definition) is 3. The Labute approximate surface area is 94.1 Å². The first-order valence-corrected chi connectivity index (χ1v) is 5.13. The van der Waals surface area contributed by atoms with E-state index in [4.69, 9.17) is 5.14 Å². The van der Waals surface area contributed by atoms with Gasteiger partial charge in [0.1, 0.15) is 23.8 Å². The molecule has 0 aromatic heterocycles. The Balaban J connectivity index is 3.31. The van der Waals surface area contributed by atoms with Gasteiger partial charge in [-0.2, -0.15) is 13.2 Å². The molecule has 1 aromatic carbocycles. The van der Waals surface area contributed by atoms with Gasteiger partial charge in [0.05, 0.1) is 5.56 Å². The monoisotopic (exact) mass is 255 g/mol. The summed E-state index contributed by atoms with van der Waals surface area (Å²) in [7, 11) is 0. The maximum Gasteiger partial charge on any atom is 0.416 e. The zero-order valence-corrected chi connectivity index (χ0v) is 9.08. The molecule has 2 nitrogen and oxygen atoms in total. The van der Waals surface area contributed by atoms with Crippen molar-refractivity contribution in [3.8, 4) is 5.75 Å². The highest BCUT2D eigenvalue weighted by atomic mass is 32.2. The third-order valence-corrected chi connectivity index (χ3v) is 2.26. The number of halogens is 4. The van der Waals surface area contributed by atoms with E-state index in [2.05, 4.69) is 4.18 Å². The maximum atomic E-state index is 13.3. The minimum atomic E-state index is -4.61. The molecular weight excluding hydrogens is 246 g/mol. The number of alkyl halides is 3. The average Bonchev–Trinajstić information content (AvgIpc) is 2.16. The molecule has 1 aromatic rings. The first kappa shape index (κ1) is 13.1. The van der Waals surface area contributed by atoms with E-state index < -0.39 is 17.6 Å². The van der Waals surface area contributed by atoms with Crippen LogP contribution >= 0.6 is 12.2 Å². The van der Waals surface area contributed by atoms with Gasteiger partial charge in [0.25, 0.3) is 0 Å². The summed E-state index contributed by atoms with van der Waals surface area (Å²) in [6, 6.07) is 1.62. The van der Waals surface area contributed by atoms with Gasteiger partial charge in [0.15, 0.2) is 0 Å². The lowest BCUT2D eigenvalue weighted by Gasteiger charge is -2.14. The smallest absolute Gasteiger partial charge is 0.410 e. The molecule has 0 aliphatic rings. The van der Waals surface area contributed by atoms with Crippen molar-refractivity contribution in [1.82, 2.24) is 0 Å². The topological polar surface area (TPSA) is 35.2 Å². The molecule has 0 atom stereocenters. The van der Waals surface area contributed by atoms with Gasteiger partial charge in [0.2, 0.25) is 0 Å². The Morgan fingerprint density at radius 1 is 1.38 bits per heavy atom. The van der Waals surface area contributed by atoms with Gasteiger partial charge in [-0.3, -0.25) is 0 Å². The molecule has 0 saturated heterocycles. The van der Waals surface area contributed by atoms with Crippen LogP contribution in [0, 0.1) is 5.82 Å². The zero-order valence-electron chi connectivity index (χ0n) is 8.27. The van der Waals surface area contributed by atoms with Gasteiger partial charge in [-0.15, -0.1) is 0 Å². The van der Waals surface area contributed by atoms with Gasteiger partial charge >= 0.3 is 6.18 Å². The van der Waals surface area contributed by atoms with Crippen molar-refractivity contribution < 1.29 is 21.7 Å². The lowest BCUT2D eigenvalue weighted by molar-refractivity contribution is -0.138. The summed E-state index contributed by atoms with van der Waals surface area (Å²) in [5.41, 5.74) is -1.40. The van der Waals surface area contributed by atoms with Crippen molar-refractivity contribution in [2.24, 2.45) is 5.14 Å². The summed E-state index contributed by atoms with van der Waals surface area (Å²) in [5.74, 6) is -1.20. The molecule has 0 unspecified atom stereocenters. The molecule has 7 heteroatoms. The van der Waals surface area contributed by atoms with Gasteiger partial charge in [0, 0.05) is 11.6 Å². The van der Waals surface area contributed by atoms with Crippen LogP contribution in [0.2, 0.25) is 0 Å². The quantitative estimate of drug-likeness (QED) is 0.511. The molecule has 16 heavy (non-hydrogen) atoms. The Hall–Kier alpha value is -0.950. The lowest BCUT2D eigenvalue weighted by atomic mass is 10.0. The fourth-order valence-corrected chi connectivity index (χ4v) is 1.53. The Bertz CT molecular complexity index is 381. The summed E-state index contributed by atoms with van der Waals surface area (Å²) in [6.07, 6.45) is -4.65. The largest absolute Gasteiger partial charge is 0.416 e. The second-order valence-corrected chi connectivity index (χ2v) is 3.32.